The van der Waals surface area contributed by atoms with Gasteiger partial charge < -0.3 is 9.47 Å². The lowest BCUT2D eigenvalue weighted by Gasteiger charge is -2.35. The molecule has 0 bridgehead atoms. The van der Waals surface area contributed by atoms with Crippen molar-refractivity contribution >= 4 is 6.29 Å². The van der Waals surface area contributed by atoms with Crippen molar-refractivity contribution in [3.8, 4) is 5.75 Å². The van der Waals surface area contributed by atoms with E-state index >= 15 is 0 Å². The molecule has 0 N–H and O–H groups in total. The second-order valence-corrected chi connectivity index (χ2v) is 5.76. The van der Waals surface area contributed by atoms with Gasteiger partial charge in [-0.1, -0.05) is 0 Å². The van der Waals surface area contributed by atoms with Crippen molar-refractivity contribution in [1.29, 1.82) is 0 Å². The van der Waals surface area contributed by atoms with E-state index in [0.29, 0.717) is 17.8 Å². The minimum atomic E-state index is 0.335. The van der Waals surface area contributed by atoms with Gasteiger partial charge in [-0.05, 0) is 57.5 Å². The SMILES string of the molecule is C[C@@H]1CN(CCCCOc2ccc(C=O)cc2)C[C@@H](C)O1. The Morgan fingerprint density at radius 2 is 1.86 bits per heavy atom. The van der Waals surface area contributed by atoms with Crippen molar-refractivity contribution < 1.29 is 14.3 Å². The quantitative estimate of drug-likeness (QED) is 0.572. The lowest BCUT2D eigenvalue weighted by atomic mass is 10.2. The van der Waals surface area contributed by atoms with Gasteiger partial charge in [0, 0.05) is 18.7 Å². The first-order chi connectivity index (χ1) is 10.2. The molecular formula is C17H25NO3. The molecule has 0 unspecified atom stereocenters. The van der Waals surface area contributed by atoms with Gasteiger partial charge in [0.1, 0.15) is 12.0 Å². The number of nitrogens with zero attached hydrogens (tertiary/aromatic N) is 1. The van der Waals surface area contributed by atoms with Crippen LogP contribution in [0.1, 0.15) is 37.0 Å². The number of aldehydes is 1. The largest absolute Gasteiger partial charge is 0.494 e. The molecule has 116 valence electrons. The van der Waals surface area contributed by atoms with Crippen LogP contribution < -0.4 is 4.74 Å². The second kappa shape index (κ2) is 8.15. The van der Waals surface area contributed by atoms with Gasteiger partial charge in [-0.25, -0.2) is 0 Å². The van der Waals surface area contributed by atoms with Crippen molar-refractivity contribution in [2.75, 3.05) is 26.2 Å². The lowest BCUT2D eigenvalue weighted by molar-refractivity contribution is -0.0682. The van der Waals surface area contributed by atoms with E-state index in [4.69, 9.17) is 9.47 Å². The summed E-state index contributed by atoms with van der Waals surface area (Å²) in [6.07, 6.45) is 3.68. The number of rotatable bonds is 7. The van der Waals surface area contributed by atoms with Gasteiger partial charge in [0.2, 0.25) is 0 Å². The average molecular weight is 291 g/mol. The van der Waals surface area contributed by atoms with E-state index in [-0.39, 0.29) is 0 Å². The predicted octanol–water partition coefficient (Wildman–Crippen LogP) is 2.77. The molecule has 0 amide bonds. The third kappa shape index (κ3) is 5.48. The summed E-state index contributed by atoms with van der Waals surface area (Å²) in [6.45, 7) is 8.14. The lowest BCUT2D eigenvalue weighted by Crippen LogP contribution is -2.45. The van der Waals surface area contributed by atoms with Gasteiger partial charge >= 0.3 is 0 Å². The molecule has 1 saturated heterocycles. The molecule has 1 fully saturated rings. The Hall–Kier alpha value is -1.39. The van der Waals surface area contributed by atoms with Gasteiger partial charge in [0.05, 0.1) is 18.8 Å². The Kier molecular flexibility index (Phi) is 6.21. The zero-order valence-electron chi connectivity index (χ0n) is 13.0. The summed E-state index contributed by atoms with van der Waals surface area (Å²) in [5.41, 5.74) is 0.679. The molecule has 0 saturated carbocycles. The number of morpholine rings is 1. The normalized spacial score (nSPS) is 23.0. The summed E-state index contributed by atoms with van der Waals surface area (Å²) < 4.78 is 11.4. The molecule has 0 spiro atoms. The van der Waals surface area contributed by atoms with Crippen LogP contribution in [0.5, 0.6) is 5.75 Å². The van der Waals surface area contributed by atoms with Crippen LogP contribution >= 0.6 is 0 Å². The molecule has 4 heteroatoms. The van der Waals surface area contributed by atoms with Gasteiger partial charge in [0.15, 0.2) is 0 Å². The van der Waals surface area contributed by atoms with E-state index in [1.54, 1.807) is 12.1 Å². The molecule has 21 heavy (non-hydrogen) atoms. The van der Waals surface area contributed by atoms with Crippen LogP contribution in [0.2, 0.25) is 0 Å². The Labute approximate surface area is 127 Å². The van der Waals surface area contributed by atoms with Crippen LogP contribution in [0.4, 0.5) is 0 Å². The van der Waals surface area contributed by atoms with Gasteiger partial charge in [0.25, 0.3) is 0 Å². The number of hydrogen-bond donors (Lipinski definition) is 0. The summed E-state index contributed by atoms with van der Waals surface area (Å²) in [7, 11) is 0. The van der Waals surface area contributed by atoms with E-state index in [9.17, 15) is 4.79 Å². The van der Waals surface area contributed by atoms with E-state index < -0.39 is 0 Å². The van der Waals surface area contributed by atoms with Crippen LogP contribution in [0.15, 0.2) is 24.3 Å². The topological polar surface area (TPSA) is 38.8 Å². The first-order valence-electron chi connectivity index (χ1n) is 7.73. The highest BCUT2D eigenvalue weighted by Crippen LogP contribution is 2.13. The van der Waals surface area contributed by atoms with E-state index in [1.165, 1.54) is 0 Å². The zero-order chi connectivity index (χ0) is 15.1. The smallest absolute Gasteiger partial charge is 0.150 e. The molecule has 1 aromatic rings. The van der Waals surface area contributed by atoms with Crippen molar-refractivity contribution in [2.24, 2.45) is 0 Å². The molecule has 0 aromatic heterocycles. The zero-order valence-corrected chi connectivity index (χ0v) is 13.0. The second-order valence-electron chi connectivity index (χ2n) is 5.76. The third-order valence-corrected chi connectivity index (χ3v) is 3.65. The number of carbonyl (C=O) groups is 1. The fourth-order valence-electron chi connectivity index (χ4n) is 2.74. The van der Waals surface area contributed by atoms with Crippen LogP contribution in [-0.4, -0.2) is 49.6 Å². The van der Waals surface area contributed by atoms with E-state index in [1.807, 2.05) is 12.1 Å². The maximum absolute atomic E-state index is 10.6. The van der Waals surface area contributed by atoms with Crippen LogP contribution in [0.3, 0.4) is 0 Å². The maximum atomic E-state index is 10.6. The molecule has 1 aliphatic heterocycles. The Bertz CT molecular complexity index is 422. The fraction of sp³-hybridized carbons (Fsp3) is 0.588. The Morgan fingerprint density at radius 1 is 1.19 bits per heavy atom. The number of carbonyl (C=O) groups excluding carboxylic acids is 1. The Morgan fingerprint density at radius 3 is 2.48 bits per heavy atom. The molecule has 1 aliphatic rings. The van der Waals surface area contributed by atoms with Crippen molar-refractivity contribution in [2.45, 2.75) is 38.9 Å². The molecule has 0 radical (unpaired) electrons. The molecule has 2 rings (SSSR count). The van der Waals surface area contributed by atoms with Crippen LogP contribution in [0.25, 0.3) is 0 Å². The summed E-state index contributed by atoms with van der Waals surface area (Å²) >= 11 is 0. The maximum Gasteiger partial charge on any atom is 0.150 e. The number of ether oxygens (including phenoxy) is 2. The van der Waals surface area contributed by atoms with E-state index in [2.05, 4.69) is 18.7 Å². The molecular weight excluding hydrogens is 266 g/mol. The van der Waals surface area contributed by atoms with Crippen LogP contribution in [-0.2, 0) is 4.74 Å². The van der Waals surface area contributed by atoms with Crippen molar-refractivity contribution in [3.63, 3.8) is 0 Å². The highest BCUT2D eigenvalue weighted by Gasteiger charge is 2.21. The summed E-state index contributed by atoms with van der Waals surface area (Å²) in [6, 6.07) is 7.24. The molecule has 1 aromatic carbocycles. The summed E-state index contributed by atoms with van der Waals surface area (Å²) in [4.78, 5) is 13.0. The van der Waals surface area contributed by atoms with Gasteiger partial charge in [-0.3, -0.25) is 9.69 Å². The monoisotopic (exact) mass is 291 g/mol. The highest BCUT2D eigenvalue weighted by molar-refractivity contribution is 5.74. The minimum absolute atomic E-state index is 0.335. The highest BCUT2D eigenvalue weighted by atomic mass is 16.5. The molecule has 1 heterocycles. The Balaban J connectivity index is 1.60. The van der Waals surface area contributed by atoms with Gasteiger partial charge in [-0.2, -0.15) is 0 Å². The minimum Gasteiger partial charge on any atom is -0.494 e. The summed E-state index contributed by atoms with van der Waals surface area (Å²) in [5.74, 6) is 0.828. The summed E-state index contributed by atoms with van der Waals surface area (Å²) in [5, 5.41) is 0. The van der Waals surface area contributed by atoms with Crippen molar-refractivity contribution in [3.05, 3.63) is 29.8 Å². The number of benzene rings is 1. The third-order valence-electron chi connectivity index (χ3n) is 3.65. The number of unbranched alkanes of at least 4 members (excludes halogenated alkanes) is 1. The first kappa shape index (κ1) is 16.0. The predicted molar refractivity (Wildman–Crippen MR) is 83.0 cm³/mol. The molecule has 0 aliphatic carbocycles. The fourth-order valence-corrected chi connectivity index (χ4v) is 2.74. The van der Waals surface area contributed by atoms with Gasteiger partial charge in [-0.15, -0.1) is 0 Å². The first-order valence-corrected chi connectivity index (χ1v) is 7.73. The molecule has 4 nitrogen and oxygen atoms in total. The number of hydrogen-bond acceptors (Lipinski definition) is 4. The molecule has 2 atom stereocenters. The average Bonchev–Trinajstić information content (AvgIpc) is 2.46. The van der Waals surface area contributed by atoms with Crippen molar-refractivity contribution in [1.82, 2.24) is 4.90 Å². The standard InChI is InChI=1S/C17H25NO3/c1-14-11-18(12-15(2)21-14)9-3-4-10-20-17-7-5-16(13-19)6-8-17/h5-8,13-15H,3-4,9-12H2,1-2H3/t14-,15-/m1/s1. The van der Waals surface area contributed by atoms with Crippen LogP contribution in [0, 0.1) is 0 Å². The van der Waals surface area contributed by atoms with E-state index in [0.717, 1.165) is 51.1 Å².